The van der Waals surface area contributed by atoms with E-state index in [0.29, 0.717) is 0 Å². The number of pyridine rings is 2. The van der Waals surface area contributed by atoms with Crippen LogP contribution in [0, 0.1) is 27.7 Å². The maximum Gasteiger partial charge on any atom is 2.00 e. The largest absolute Gasteiger partial charge is 2.00 e. The number of aryl methyl sites for hydroxylation is 4. The predicted molar refractivity (Wildman–Crippen MR) is 116 cm³/mol. The molecular weight excluding hydrogens is 427 g/mol. The molecule has 2 rings (SSSR count). The van der Waals surface area contributed by atoms with Crippen LogP contribution in [-0.4, -0.2) is 44.7 Å². The monoisotopic (exact) mass is 453 g/mol. The Kier molecular flexibility index (Phi) is 43.0. The summed E-state index contributed by atoms with van der Waals surface area (Å²) in [7, 11) is 2.00. The molecule has 0 aliphatic heterocycles. The summed E-state index contributed by atoms with van der Waals surface area (Å²) >= 11 is 7.40. The number of aliphatic hydroxyl groups excluding tert-OH is 2. The van der Waals surface area contributed by atoms with Crippen LogP contribution in [0.1, 0.15) is 22.3 Å². The third kappa shape index (κ3) is 36.1. The second-order valence-electron chi connectivity index (χ2n) is 4.26. The summed E-state index contributed by atoms with van der Waals surface area (Å²) in [4.78, 5) is 7.97. The molecule has 0 atom stereocenters. The summed E-state index contributed by atoms with van der Waals surface area (Å²) in [5.74, 6) is 0. The summed E-state index contributed by atoms with van der Waals surface area (Å²) < 4.78 is 0. The van der Waals surface area contributed by atoms with Gasteiger partial charge in [-0.25, -0.2) is 0 Å². The van der Waals surface area contributed by atoms with Crippen molar-refractivity contribution in [3.63, 3.8) is 0 Å². The zero-order valence-corrected chi connectivity index (χ0v) is 19.0. The Morgan fingerprint density at radius 2 is 0.815 bits per heavy atom. The van der Waals surface area contributed by atoms with Crippen molar-refractivity contribution < 1.29 is 27.0 Å². The van der Waals surface area contributed by atoms with E-state index in [1.165, 1.54) is 32.6 Å². The SMILES string of the molecule is CO.CO.Cc1cncc(C)c1.Cc1cncc(C)c1.[Co+2].[N-]=C=S.[N-]=C=S. The molecule has 1 radical (unpaired) electrons. The number of hydrogen-bond acceptors (Lipinski definition) is 6. The second kappa shape index (κ2) is 32.0. The fourth-order valence-electron chi connectivity index (χ4n) is 1.41. The number of thiocarbonyl (C=S) groups is 2. The van der Waals surface area contributed by atoms with Gasteiger partial charge in [0, 0.05) is 39.0 Å². The van der Waals surface area contributed by atoms with E-state index in [2.05, 4.69) is 46.5 Å². The molecule has 2 N–H and O–H groups in total. The zero-order valence-electron chi connectivity index (χ0n) is 16.3. The topological polar surface area (TPSA) is 111 Å². The first-order valence-corrected chi connectivity index (χ1v) is 7.91. The van der Waals surface area contributed by atoms with Crippen molar-refractivity contribution >= 4 is 34.8 Å². The molecule has 0 saturated heterocycles. The molecule has 0 amide bonds. The molecule has 27 heavy (non-hydrogen) atoms. The Hall–Kier alpha value is -1.67. The molecule has 0 aromatic carbocycles. The normalized spacial score (nSPS) is 6.52. The van der Waals surface area contributed by atoms with Gasteiger partial charge in [-0.3, -0.25) is 9.97 Å². The first kappa shape index (κ1) is 36.3. The Morgan fingerprint density at radius 3 is 0.889 bits per heavy atom. The van der Waals surface area contributed by atoms with Gasteiger partial charge in [0.15, 0.2) is 0 Å². The maximum atomic E-state index is 7.13. The molecule has 0 spiro atoms. The average molecular weight is 453 g/mol. The van der Waals surface area contributed by atoms with Crippen LogP contribution < -0.4 is 0 Å². The van der Waals surface area contributed by atoms with Crippen LogP contribution in [0.15, 0.2) is 36.9 Å². The number of hydrogen-bond donors (Lipinski definition) is 2. The number of nitrogens with zero attached hydrogens (tertiary/aromatic N) is 4. The molecular formula is C18H26CoN4O2S2. The van der Waals surface area contributed by atoms with Crippen molar-refractivity contribution in [2.45, 2.75) is 27.7 Å². The predicted octanol–water partition coefficient (Wildman–Crippen LogP) is 3.93. The molecule has 9 heteroatoms. The van der Waals surface area contributed by atoms with Gasteiger partial charge >= 0.3 is 16.8 Å². The number of isothiocyanates is 2. The molecule has 2 heterocycles. The van der Waals surface area contributed by atoms with Crippen LogP contribution in [0.4, 0.5) is 0 Å². The van der Waals surface area contributed by atoms with Gasteiger partial charge in [0.05, 0.1) is 0 Å². The molecule has 0 unspecified atom stereocenters. The molecule has 6 nitrogen and oxygen atoms in total. The average Bonchev–Trinajstić information content (AvgIpc) is 2.60. The van der Waals surface area contributed by atoms with E-state index >= 15 is 0 Å². The Bertz CT molecular complexity index is 542. The van der Waals surface area contributed by atoms with Crippen molar-refractivity contribution in [2.24, 2.45) is 0 Å². The smallest absolute Gasteiger partial charge is 0.753 e. The second-order valence-corrected chi connectivity index (χ2v) is 4.63. The molecule has 0 fully saturated rings. The zero-order chi connectivity index (χ0) is 21.4. The van der Waals surface area contributed by atoms with Gasteiger partial charge in [0.2, 0.25) is 0 Å². The van der Waals surface area contributed by atoms with Crippen LogP contribution in [0.3, 0.4) is 0 Å². The molecule has 2 aromatic heterocycles. The van der Waals surface area contributed by atoms with E-state index in [1.807, 2.05) is 52.5 Å². The van der Waals surface area contributed by atoms with E-state index in [9.17, 15) is 0 Å². The minimum atomic E-state index is 0. The van der Waals surface area contributed by atoms with E-state index in [4.69, 9.17) is 21.0 Å². The van der Waals surface area contributed by atoms with E-state index in [0.717, 1.165) is 14.2 Å². The van der Waals surface area contributed by atoms with Crippen molar-refractivity contribution in [3.05, 3.63) is 70.0 Å². The minimum Gasteiger partial charge on any atom is -0.753 e. The third-order valence-corrected chi connectivity index (χ3v) is 2.02. The van der Waals surface area contributed by atoms with Crippen LogP contribution in [0.5, 0.6) is 0 Å². The summed E-state index contributed by atoms with van der Waals surface area (Å²) in [6, 6.07) is 4.21. The van der Waals surface area contributed by atoms with Gasteiger partial charge in [-0.1, -0.05) is 36.6 Å². The van der Waals surface area contributed by atoms with Crippen LogP contribution in [0.25, 0.3) is 10.8 Å². The third-order valence-electron chi connectivity index (χ3n) is 2.02. The summed E-state index contributed by atoms with van der Waals surface area (Å²) in [6.45, 7) is 8.17. The molecule has 2 aromatic rings. The number of aliphatic hydroxyl groups is 2. The Balaban J connectivity index is -0.0000000798. The first-order chi connectivity index (χ1) is 12.4. The van der Waals surface area contributed by atoms with Gasteiger partial charge in [-0.05, 0) is 49.9 Å². The summed E-state index contributed by atoms with van der Waals surface area (Å²) in [5, 5.41) is 30.9. The molecule has 0 saturated carbocycles. The minimum absolute atomic E-state index is 0. The summed E-state index contributed by atoms with van der Waals surface area (Å²) in [6.07, 6.45) is 7.42. The fourth-order valence-corrected chi connectivity index (χ4v) is 1.41. The van der Waals surface area contributed by atoms with Crippen molar-refractivity contribution in [2.75, 3.05) is 14.2 Å². The molecule has 0 aliphatic rings. The molecule has 151 valence electrons. The van der Waals surface area contributed by atoms with Crippen LogP contribution >= 0.6 is 24.4 Å². The Morgan fingerprint density at radius 1 is 0.667 bits per heavy atom. The maximum absolute atomic E-state index is 7.13. The van der Waals surface area contributed by atoms with Gasteiger partial charge in [0.1, 0.15) is 0 Å². The van der Waals surface area contributed by atoms with Crippen molar-refractivity contribution in [1.82, 2.24) is 9.97 Å². The fraction of sp³-hybridized carbons (Fsp3) is 0.333. The van der Waals surface area contributed by atoms with Gasteiger partial charge in [-0.2, -0.15) is 10.3 Å². The van der Waals surface area contributed by atoms with Crippen molar-refractivity contribution in [1.29, 1.82) is 0 Å². The van der Waals surface area contributed by atoms with Gasteiger partial charge in [0.25, 0.3) is 0 Å². The van der Waals surface area contributed by atoms with Gasteiger partial charge < -0.3 is 21.0 Å². The first-order valence-electron chi connectivity index (χ1n) is 7.09. The van der Waals surface area contributed by atoms with Crippen LogP contribution in [0.2, 0.25) is 0 Å². The number of aromatic nitrogens is 2. The molecule has 0 aliphatic carbocycles. The van der Waals surface area contributed by atoms with E-state index in [-0.39, 0.29) is 16.8 Å². The van der Waals surface area contributed by atoms with Gasteiger partial charge in [-0.15, -0.1) is 0 Å². The van der Waals surface area contributed by atoms with Crippen LogP contribution in [-0.2, 0) is 16.8 Å². The molecule has 0 bridgehead atoms. The quantitative estimate of drug-likeness (QED) is 0.462. The van der Waals surface area contributed by atoms with Crippen molar-refractivity contribution in [3.8, 4) is 0 Å². The number of rotatable bonds is 0. The standard InChI is InChI=1S/2C7H9N.2CNS.2CH4O.Co/c2*1-6-3-7(2)5-8-4-6;2*2-1-3;2*1-2;/h2*3-5H,1-2H3;;;2*2H,1H3;/q;;2*-1;;;+2. The van der Waals surface area contributed by atoms with E-state index < -0.39 is 0 Å². The summed E-state index contributed by atoms with van der Waals surface area (Å²) in [5.41, 5.74) is 4.91. The Labute approximate surface area is 183 Å². The van der Waals surface area contributed by atoms with E-state index in [1.54, 1.807) is 0 Å².